The number of rotatable bonds is 1. The fraction of sp³-hybridized carbons (Fsp3) is 1.00. The van der Waals surface area contributed by atoms with Gasteiger partial charge in [0.15, 0.2) is 0 Å². The van der Waals surface area contributed by atoms with Crippen LogP contribution in [0.3, 0.4) is 0 Å². The SMILES string of the molecule is CN(C)N1CCC2CNCC21. The van der Waals surface area contributed by atoms with Crippen molar-refractivity contribution in [1.29, 1.82) is 0 Å². The van der Waals surface area contributed by atoms with Crippen LogP contribution in [0.2, 0.25) is 0 Å². The van der Waals surface area contributed by atoms with E-state index in [0.29, 0.717) is 0 Å². The van der Waals surface area contributed by atoms with Crippen LogP contribution < -0.4 is 5.32 Å². The van der Waals surface area contributed by atoms with Crippen LogP contribution in [0.4, 0.5) is 0 Å². The van der Waals surface area contributed by atoms with Crippen molar-refractivity contribution in [3.05, 3.63) is 0 Å². The molecule has 2 aliphatic rings. The van der Waals surface area contributed by atoms with Gasteiger partial charge in [0.2, 0.25) is 0 Å². The van der Waals surface area contributed by atoms with Gasteiger partial charge in [-0.3, -0.25) is 0 Å². The molecule has 2 saturated heterocycles. The third-order valence-electron chi connectivity index (χ3n) is 2.93. The van der Waals surface area contributed by atoms with E-state index in [9.17, 15) is 0 Å². The lowest BCUT2D eigenvalue weighted by Crippen LogP contribution is -2.43. The molecule has 11 heavy (non-hydrogen) atoms. The van der Waals surface area contributed by atoms with Crippen LogP contribution in [0.5, 0.6) is 0 Å². The monoisotopic (exact) mass is 155 g/mol. The Labute approximate surface area is 68.3 Å². The largest absolute Gasteiger partial charge is 0.315 e. The van der Waals surface area contributed by atoms with Gasteiger partial charge in [-0.05, 0) is 18.9 Å². The third kappa shape index (κ3) is 1.17. The van der Waals surface area contributed by atoms with Gasteiger partial charge >= 0.3 is 0 Å². The molecule has 1 N–H and O–H groups in total. The van der Waals surface area contributed by atoms with Gasteiger partial charge in [-0.25, -0.2) is 10.0 Å². The number of fused-ring (bicyclic) bond motifs is 1. The highest BCUT2D eigenvalue weighted by Crippen LogP contribution is 2.26. The number of nitrogens with zero attached hydrogens (tertiary/aromatic N) is 2. The molecule has 0 saturated carbocycles. The van der Waals surface area contributed by atoms with Crippen molar-refractivity contribution < 1.29 is 0 Å². The molecule has 0 spiro atoms. The maximum absolute atomic E-state index is 3.44. The zero-order chi connectivity index (χ0) is 7.84. The van der Waals surface area contributed by atoms with Crippen molar-refractivity contribution in [2.75, 3.05) is 33.7 Å². The maximum Gasteiger partial charge on any atom is 0.0411 e. The summed E-state index contributed by atoms with van der Waals surface area (Å²) in [6.07, 6.45) is 1.37. The van der Waals surface area contributed by atoms with E-state index in [4.69, 9.17) is 0 Å². The summed E-state index contributed by atoms with van der Waals surface area (Å²) in [6.45, 7) is 3.67. The summed E-state index contributed by atoms with van der Waals surface area (Å²) in [5.41, 5.74) is 0. The summed E-state index contributed by atoms with van der Waals surface area (Å²) in [6, 6.07) is 0.782. The normalized spacial score (nSPS) is 38.5. The second-order valence-corrected chi connectivity index (χ2v) is 3.78. The molecule has 2 atom stereocenters. The minimum atomic E-state index is 0.782. The van der Waals surface area contributed by atoms with E-state index >= 15 is 0 Å². The Morgan fingerprint density at radius 2 is 2.18 bits per heavy atom. The predicted octanol–water partition coefficient (Wildman–Crippen LogP) is -0.243. The van der Waals surface area contributed by atoms with Crippen molar-refractivity contribution in [2.45, 2.75) is 12.5 Å². The van der Waals surface area contributed by atoms with E-state index < -0.39 is 0 Å². The lowest BCUT2D eigenvalue weighted by Gasteiger charge is -2.29. The van der Waals surface area contributed by atoms with Gasteiger partial charge in [0.05, 0.1) is 0 Å². The van der Waals surface area contributed by atoms with Crippen LogP contribution in [-0.4, -0.2) is 49.8 Å². The molecular weight excluding hydrogens is 138 g/mol. The Hall–Kier alpha value is -0.120. The molecule has 0 radical (unpaired) electrons. The molecule has 0 aliphatic carbocycles. The quantitative estimate of drug-likeness (QED) is 0.563. The van der Waals surface area contributed by atoms with Crippen molar-refractivity contribution in [3.8, 4) is 0 Å². The van der Waals surface area contributed by atoms with Crippen molar-refractivity contribution in [3.63, 3.8) is 0 Å². The zero-order valence-corrected chi connectivity index (χ0v) is 7.38. The van der Waals surface area contributed by atoms with Crippen LogP contribution in [0.25, 0.3) is 0 Å². The lowest BCUT2D eigenvalue weighted by atomic mass is 10.1. The molecule has 2 fully saturated rings. The number of hydrogen-bond acceptors (Lipinski definition) is 3. The molecular formula is C8H17N3. The molecule has 2 unspecified atom stereocenters. The third-order valence-corrected chi connectivity index (χ3v) is 2.93. The van der Waals surface area contributed by atoms with Gasteiger partial charge in [0.1, 0.15) is 0 Å². The zero-order valence-electron chi connectivity index (χ0n) is 7.38. The van der Waals surface area contributed by atoms with Gasteiger partial charge in [-0.15, -0.1) is 0 Å². The van der Waals surface area contributed by atoms with Crippen molar-refractivity contribution in [2.24, 2.45) is 5.92 Å². The average Bonchev–Trinajstić information content (AvgIpc) is 2.41. The number of hydrazine groups is 1. The van der Waals surface area contributed by atoms with Gasteiger partial charge < -0.3 is 5.32 Å². The second-order valence-electron chi connectivity index (χ2n) is 3.78. The summed E-state index contributed by atoms with van der Waals surface area (Å²) < 4.78 is 0. The first-order chi connectivity index (χ1) is 5.29. The van der Waals surface area contributed by atoms with E-state index in [1.807, 2.05) is 0 Å². The van der Waals surface area contributed by atoms with Crippen molar-refractivity contribution >= 4 is 0 Å². The fourth-order valence-corrected chi connectivity index (χ4v) is 2.32. The summed E-state index contributed by atoms with van der Waals surface area (Å²) in [4.78, 5) is 0. The van der Waals surface area contributed by atoms with E-state index in [2.05, 4.69) is 29.4 Å². The van der Waals surface area contributed by atoms with Crippen LogP contribution in [0.1, 0.15) is 6.42 Å². The predicted molar refractivity (Wildman–Crippen MR) is 45.2 cm³/mol. The fourth-order valence-electron chi connectivity index (χ4n) is 2.32. The van der Waals surface area contributed by atoms with Crippen LogP contribution >= 0.6 is 0 Å². The summed E-state index contributed by atoms with van der Waals surface area (Å²) in [7, 11) is 4.28. The first-order valence-electron chi connectivity index (χ1n) is 4.43. The Morgan fingerprint density at radius 3 is 2.91 bits per heavy atom. The summed E-state index contributed by atoms with van der Waals surface area (Å²) >= 11 is 0. The molecule has 0 bridgehead atoms. The van der Waals surface area contributed by atoms with E-state index in [0.717, 1.165) is 12.0 Å². The second kappa shape index (κ2) is 2.73. The van der Waals surface area contributed by atoms with Gasteiger partial charge in [0.25, 0.3) is 0 Å². The Kier molecular flexibility index (Phi) is 1.87. The molecule has 0 aromatic rings. The van der Waals surface area contributed by atoms with E-state index in [1.54, 1.807) is 0 Å². The summed E-state index contributed by atoms with van der Waals surface area (Å²) in [5, 5.41) is 8.15. The van der Waals surface area contributed by atoms with E-state index in [1.165, 1.54) is 26.1 Å². The molecule has 2 aliphatic heterocycles. The lowest BCUT2D eigenvalue weighted by molar-refractivity contribution is 0.0129. The molecule has 64 valence electrons. The highest BCUT2D eigenvalue weighted by atomic mass is 15.6. The Morgan fingerprint density at radius 1 is 1.36 bits per heavy atom. The molecule has 3 heteroatoms. The number of nitrogens with one attached hydrogen (secondary N) is 1. The van der Waals surface area contributed by atoms with Gasteiger partial charge in [0, 0.05) is 33.2 Å². The molecule has 3 nitrogen and oxygen atoms in total. The standard InChI is InChI=1S/C8H17N3/c1-10(2)11-4-3-7-5-9-6-8(7)11/h7-9H,3-6H2,1-2H3. The van der Waals surface area contributed by atoms with E-state index in [-0.39, 0.29) is 0 Å². The maximum atomic E-state index is 3.44. The molecule has 0 amide bonds. The molecule has 2 rings (SSSR count). The van der Waals surface area contributed by atoms with Gasteiger partial charge in [-0.2, -0.15) is 0 Å². The molecule has 2 heterocycles. The minimum Gasteiger partial charge on any atom is -0.315 e. The first kappa shape index (κ1) is 7.53. The molecule has 0 aromatic heterocycles. The average molecular weight is 155 g/mol. The van der Waals surface area contributed by atoms with Crippen LogP contribution in [0, 0.1) is 5.92 Å². The minimum absolute atomic E-state index is 0.782. The topological polar surface area (TPSA) is 18.5 Å². The Bertz CT molecular complexity index is 146. The highest BCUT2D eigenvalue weighted by Gasteiger charge is 2.38. The van der Waals surface area contributed by atoms with Crippen LogP contribution in [0.15, 0.2) is 0 Å². The first-order valence-corrected chi connectivity index (χ1v) is 4.43. The number of hydrogen-bond donors (Lipinski definition) is 1. The van der Waals surface area contributed by atoms with Crippen LogP contribution in [-0.2, 0) is 0 Å². The van der Waals surface area contributed by atoms with Gasteiger partial charge in [-0.1, -0.05) is 0 Å². The smallest absolute Gasteiger partial charge is 0.0411 e. The Balaban J connectivity index is 2.03. The van der Waals surface area contributed by atoms with Crippen molar-refractivity contribution in [1.82, 2.24) is 15.3 Å². The molecule has 0 aromatic carbocycles. The summed E-state index contributed by atoms with van der Waals surface area (Å²) in [5.74, 6) is 0.914. The highest BCUT2D eigenvalue weighted by molar-refractivity contribution is 4.92.